The van der Waals surface area contributed by atoms with Crippen LogP contribution in [0.25, 0.3) is 0 Å². The molecule has 10 nitrogen and oxygen atoms in total. The van der Waals surface area contributed by atoms with Crippen LogP contribution in [0.2, 0.25) is 0 Å². The third kappa shape index (κ3) is 4.83. The predicted octanol–water partition coefficient (Wildman–Crippen LogP) is 3.80. The van der Waals surface area contributed by atoms with Crippen molar-refractivity contribution in [3.8, 4) is 0 Å². The molecule has 0 radical (unpaired) electrons. The van der Waals surface area contributed by atoms with Crippen LogP contribution in [-0.2, 0) is 38.0 Å². The molecule has 0 aromatic rings. The minimum absolute atomic E-state index is 0.0375. The number of hydrogen-bond donors (Lipinski definition) is 2. The van der Waals surface area contributed by atoms with E-state index in [4.69, 9.17) is 34.2 Å². The van der Waals surface area contributed by atoms with Gasteiger partial charge in [0.1, 0.15) is 0 Å². The third-order valence-corrected chi connectivity index (χ3v) is 12.7. The molecule has 2 saturated heterocycles. The number of ether oxygens (including phenoxy) is 6. The molecule has 6 fully saturated rings. The molecule has 0 aromatic heterocycles. The van der Waals surface area contributed by atoms with Gasteiger partial charge in [0.25, 0.3) is 6.48 Å². The maximum absolute atomic E-state index is 12.3. The van der Waals surface area contributed by atoms with Gasteiger partial charge in [0.15, 0.2) is 24.6 Å². The van der Waals surface area contributed by atoms with Gasteiger partial charge in [0.2, 0.25) is 0 Å². The highest BCUT2D eigenvalue weighted by molar-refractivity contribution is 5.67. The summed E-state index contributed by atoms with van der Waals surface area (Å²) < 4.78 is 35.5. The van der Waals surface area contributed by atoms with Crippen molar-refractivity contribution in [2.75, 3.05) is 0 Å². The molecule has 0 bridgehead atoms. The second kappa shape index (κ2) is 10.9. The van der Waals surface area contributed by atoms with Gasteiger partial charge >= 0.3 is 11.9 Å². The van der Waals surface area contributed by atoms with Crippen LogP contribution in [0.15, 0.2) is 0 Å². The first kappa shape index (κ1) is 30.7. The molecule has 10 heteroatoms. The van der Waals surface area contributed by atoms with Crippen molar-refractivity contribution < 1.29 is 43.1 Å². The molecule has 238 valence electrons. The molecule has 0 spiro atoms. The summed E-state index contributed by atoms with van der Waals surface area (Å²) in [5, 5.41) is 12.3. The fraction of sp³-hybridized carbons (Fsp3) is 0.938. The summed E-state index contributed by atoms with van der Waals surface area (Å²) in [6, 6.07) is 0.106. The first-order valence-electron chi connectivity index (χ1n) is 16.2. The largest absolute Gasteiger partial charge is 0.456 e. The molecular formula is C32H51NO9. The number of carbonyl (C=O) groups excluding carboxylic acids is 2. The summed E-state index contributed by atoms with van der Waals surface area (Å²) in [6.45, 7) is 10.3. The van der Waals surface area contributed by atoms with E-state index in [1.165, 1.54) is 13.8 Å². The molecule has 2 aliphatic heterocycles. The molecule has 6 aliphatic rings. The van der Waals surface area contributed by atoms with E-state index in [2.05, 4.69) is 20.8 Å². The van der Waals surface area contributed by atoms with Crippen molar-refractivity contribution in [2.45, 2.75) is 154 Å². The lowest BCUT2D eigenvalue weighted by molar-refractivity contribution is -0.293. The summed E-state index contributed by atoms with van der Waals surface area (Å²) in [5.41, 5.74) is 5.87. The van der Waals surface area contributed by atoms with E-state index in [1.54, 1.807) is 6.92 Å². The molecular weight excluding hydrogens is 542 g/mol. The zero-order valence-corrected chi connectivity index (χ0v) is 26.1. The number of hydrogen-bond acceptors (Lipinski definition) is 10. The highest BCUT2D eigenvalue weighted by Gasteiger charge is 2.67. The molecule has 0 unspecified atom stereocenters. The number of aliphatic hydroxyl groups is 1. The summed E-state index contributed by atoms with van der Waals surface area (Å²) in [4.78, 5) is 23.6. The van der Waals surface area contributed by atoms with Crippen LogP contribution >= 0.6 is 0 Å². The van der Waals surface area contributed by atoms with E-state index in [9.17, 15) is 14.7 Å². The number of esters is 2. The van der Waals surface area contributed by atoms with Crippen molar-refractivity contribution in [2.24, 2.45) is 40.2 Å². The Labute approximate surface area is 249 Å². The minimum Gasteiger partial charge on any atom is -0.456 e. The Morgan fingerprint density at radius 1 is 0.905 bits per heavy atom. The summed E-state index contributed by atoms with van der Waals surface area (Å²) in [6.07, 6.45) is 5.21. The second-order valence-electron chi connectivity index (χ2n) is 14.8. The maximum atomic E-state index is 12.3. The average Bonchev–Trinajstić information content (AvgIpc) is 3.43. The molecule has 42 heavy (non-hydrogen) atoms. The van der Waals surface area contributed by atoms with Gasteiger partial charge in [-0.15, -0.1) is 0 Å². The van der Waals surface area contributed by atoms with Gasteiger partial charge in [-0.05, 0) is 101 Å². The first-order valence-corrected chi connectivity index (χ1v) is 16.2. The van der Waals surface area contributed by atoms with Crippen LogP contribution in [0.3, 0.4) is 0 Å². The Hall–Kier alpha value is -1.30. The monoisotopic (exact) mass is 593 g/mol. The summed E-state index contributed by atoms with van der Waals surface area (Å²) in [7, 11) is 0. The lowest BCUT2D eigenvalue weighted by Crippen LogP contribution is -2.63. The second-order valence-corrected chi connectivity index (χ2v) is 14.8. The van der Waals surface area contributed by atoms with Gasteiger partial charge in [-0.1, -0.05) is 13.8 Å². The zero-order chi connectivity index (χ0) is 30.2. The Morgan fingerprint density at radius 2 is 1.62 bits per heavy atom. The third-order valence-electron chi connectivity index (χ3n) is 12.7. The number of carbonyl (C=O) groups is 2. The lowest BCUT2D eigenvalue weighted by Gasteiger charge is -2.64. The van der Waals surface area contributed by atoms with E-state index in [0.29, 0.717) is 23.7 Å². The predicted molar refractivity (Wildman–Crippen MR) is 150 cm³/mol. The van der Waals surface area contributed by atoms with Crippen molar-refractivity contribution in [1.29, 1.82) is 0 Å². The van der Waals surface area contributed by atoms with Crippen molar-refractivity contribution in [1.82, 2.24) is 0 Å². The standard InChI is InChI=1S/C32H51NO9/c1-16(33)22-11-14-32(36)24-8-7-20-15-21(9-12-30(20,5)23(24)10-13-31(22,32)6)40-29-41-27-26(39-19(4)35)25(38-18(3)34)17(2)37-28(27)42-29/h16-17,20-29,36H,7-15,33H2,1-6H3/t16-,17-,20+,21-,22+,23-,24+,25-,26+,27+,28+,29-,30-,31+,32-/m0/s1. The van der Waals surface area contributed by atoms with Crippen LogP contribution in [0.5, 0.6) is 0 Å². The Morgan fingerprint density at radius 3 is 2.31 bits per heavy atom. The van der Waals surface area contributed by atoms with Crippen molar-refractivity contribution in [3.05, 3.63) is 0 Å². The quantitative estimate of drug-likeness (QED) is 0.453. The van der Waals surface area contributed by atoms with Crippen LogP contribution in [0.4, 0.5) is 0 Å². The fourth-order valence-electron chi connectivity index (χ4n) is 10.6. The molecule has 0 amide bonds. The molecule has 0 aromatic carbocycles. The molecule has 4 saturated carbocycles. The van der Waals surface area contributed by atoms with E-state index in [0.717, 1.165) is 57.8 Å². The van der Waals surface area contributed by atoms with E-state index in [-0.39, 0.29) is 23.0 Å². The number of rotatable bonds is 5. The van der Waals surface area contributed by atoms with E-state index in [1.807, 2.05) is 0 Å². The van der Waals surface area contributed by atoms with Crippen LogP contribution in [0, 0.1) is 34.5 Å². The molecule has 4 aliphatic carbocycles. The highest BCUT2D eigenvalue weighted by atomic mass is 16.9. The number of fused-ring (bicyclic) bond motifs is 6. The topological polar surface area (TPSA) is 136 Å². The van der Waals surface area contributed by atoms with Gasteiger partial charge in [-0.25, -0.2) is 0 Å². The minimum atomic E-state index is -0.961. The smallest absolute Gasteiger partial charge is 0.303 e. The van der Waals surface area contributed by atoms with E-state index < -0.39 is 54.7 Å². The summed E-state index contributed by atoms with van der Waals surface area (Å²) in [5.74, 6) is 0.711. The van der Waals surface area contributed by atoms with Gasteiger partial charge in [-0.2, -0.15) is 0 Å². The average molecular weight is 594 g/mol. The Balaban J connectivity index is 1.11. The van der Waals surface area contributed by atoms with Crippen molar-refractivity contribution in [3.63, 3.8) is 0 Å². The van der Waals surface area contributed by atoms with Gasteiger partial charge in [0.05, 0.1) is 17.8 Å². The lowest BCUT2D eigenvalue weighted by atomic mass is 9.43. The normalized spacial score (nSPS) is 52.3. The van der Waals surface area contributed by atoms with E-state index >= 15 is 0 Å². The SMILES string of the molecule is CC(=O)O[C@@H]1[C@@H](OC(C)=O)[C@H](C)O[C@@H]2O[C@@H](O[C@H]3CC[C@@]4(C)[C@H](CC[C@@H]5[C@@H]4CC[C@]4(C)[C@@H]([C@H](C)N)CC[C@]54O)C3)O[C@@H]21. The number of nitrogens with two attached hydrogens (primary N) is 1. The summed E-state index contributed by atoms with van der Waals surface area (Å²) >= 11 is 0. The van der Waals surface area contributed by atoms with Crippen LogP contribution < -0.4 is 5.73 Å². The fourth-order valence-corrected chi connectivity index (χ4v) is 10.6. The first-order chi connectivity index (χ1) is 19.8. The molecule has 2 heterocycles. The maximum Gasteiger partial charge on any atom is 0.303 e. The molecule has 3 N–H and O–H groups in total. The van der Waals surface area contributed by atoms with Crippen LogP contribution in [-0.4, -0.2) is 72.0 Å². The van der Waals surface area contributed by atoms with Crippen LogP contribution in [0.1, 0.15) is 99.3 Å². The Kier molecular flexibility index (Phi) is 8.01. The highest BCUT2D eigenvalue weighted by Crippen LogP contribution is 2.69. The molecule has 15 atom stereocenters. The molecule has 6 rings (SSSR count). The Bertz CT molecular complexity index is 1060. The van der Waals surface area contributed by atoms with Gasteiger partial charge in [-0.3, -0.25) is 14.3 Å². The van der Waals surface area contributed by atoms with Gasteiger partial charge in [0, 0.05) is 25.3 Å². The van der Waals surface area contributed by atoms with Crippen molar-refractivity contribution >= 4 is 11.9 Å². The zero-order valence-electron chi connectivity index (χ0n) is 26.1. The van der Waals surface area contributed by atoms with Gasteiger partial charge < -0.3 is 34.5 Å².